The van der Waals surface area contributed by atoms with Gasteiger partial charge in [-0.15, -0.1) is 0 Å². The minimum absolute atomic E-state index is 0.0175. The van der Waals surface area contributed by atoms with Crippen molar-refractivity contribution in [3.8, 4) is 11.1 Å². The highest BCUT2D eigenvalue weighted by Gasteiger charge is 2.44. The Morgan fingerprint density at radius 2 is 1.65 bits per heavy atom. The maximum Gasteiger partial charge on any atom is 0.407 e. The minimum atomic E-state index is -1.22. The number of carbonyl (C=O) groups excluding carboxylic acids is 2. The average Bonchev–Trinajstić information content (AvgIpc) is 3.49. The lowest BCUT2D eigenvalue weighted by Gasteiger charge is -2.24. The van der Waals surface area contributed by atoms with Crippen LogP contribution < -0.4 is 5.32 Å². The molecule has 2 fully saturated rings. The first kappa shape index (κ1) is 22.4. The highest BCUT2D eigenvalue weighted by molar-refractivity contribution is 5.89. The number of nitrogens with one attached hydrogen (secondary N) is 1. The Bertz CT molecular complexity index is 1070. The maximum atomic E-state index is 13.1. The molecular formula is C26H28N2O6. The van der Waals surface area contributed by atoms with Crippen molar-refractivity contribution in [2.45, 2.75) is 37.3 Å². The molecule has 8 heteroatoms. The lowest BCUT2D eigenvalue weighted by Crippen LogP contribution is -2.49. The van der Waals surface area contributed by atoms with Crippen LogP contribution in [0.25, 0.3) is 11.1 Å². The molecule has 0 aromatic heterocycles. The van der Waals surface area contributed by atoms with Gasteiger partial charge in [0.2, 0.25) is 5.91 Å². The van der Waals surface area contributed by atoms with E-state index in [-0.39, 0.29) is 24.4 Å². The molecule has 1 heterocycles. The molecule has 3 N–H and O–H groups in total. The second-order valence-corrected chi connectivity index (χ2v) is 9.43. The Hall–Kier alpha value is -3.39. The van der Waals surface area contributed by atoms with Crippen molar-refractivity contribution in [2.75, 3.05) is 19.7 Å². The summed E-state index contributed by atoms with van der Waals surface area (Å²) < 4.78 is 5.50. The lowest BCUT2D eigenvalue weighted by molar-refractivity contribution is -0.142. The number of ether oxygens (including phenoxy) is 1. The van der Waals surface area contributed by atoms with E-state index in [1.54, 1.807) is 4.90 Å². The second kappa shape index (κ2) is 9.10. The van der Waals surface area contributed by atoms with Crippen LogP contribution in [0, 0.1) is 11.8 Å². The zero-order valence-electron chi connectivity index (χ0n) is 18.7. The highest BCUT2D eigenvalue weighted by atomic mass is 16.5. The van der Waals surface area contributed by atoms with E-state index in [1.807, 2.05) is 48.5 Å². The Labute approximate surface area is 197 Å². The molecule has 0 spiro atoms. The average molecular weight is 465 g/mol. The third kappa shape index (κ3) is 4.14. The van der Waals surface area contributed by atoms with Gasteiger partial charge >= 0.3 is 12.1 Å². The van der Waals surface area contributed by atoms with E-state index in [9.17, 15) is 24.6 Å². The monoisotopic (exact) mass is 464 g/mol. The smallest absolute Gasteiger partial charge is 0.407 e. The summed E-state index contributed by atoms with van der Waals surface area (Å²) in [5.74, 6) is -1.52. The van der Waals surface area contributed by atoms with Crippen LogP contribution in [0.3, 0.4) is 0 Å². The van der Waals surface area contributed by atoms with Crippen LogP contribution in [0.2, 0.25) is 0 Å². The van der Waals surface area contributed by atoms with Crippen molar-refractivity contribution in [3.63, 3.8) is 0 Å². The van der Waals surface area contributed by atoms with Crippen LogP contribution in [0.1, 0.15) is 36.3 Å². The van der Waals surface area contributed by atoms with Gasteiger partial charge in [-0.1, -0.05) is 48.5 Å². The van der Waals surface area contributed by atoms with Crippen molar-refractivity contribution in [1.82, 2.24) is 10.2 Å². The molecule has 2 aromatic rings. The van der Waals surface area contributed by atoms with E-state index in [0.29, 0.717) is 13.1 Å². The predicted octanol–water partition coefficient (Wildman–Crippen LogP) is 2.60. The molecule has 1 saturated heterocycles. The van der Waals surface area contributed by atoms with Gasteiger partial charge in [0.15, 0.2) is 0 Å². The molecule has 34 heavy (non-hydrogen) atoms. The van der Waals surface area contributed by atoms with Crippen molar-refractivity contribution in [1.29, 1.82) is 0 Å². The molecule has 5 rings (SSSR count). The third-order valence-electron chi connectivity index (χ3n) is 7.44. The molecule has 2 amide bonds. The number of carboxylic acid groups (broad SMARTS) is 1. The molecule has 0 radical (unpaired) electrons. The summed E-state index contributed by atoms with van der Waals surface area (Å²) in [4.78, 5) is 38.7. The quantitative estimate of drug-likeness (QED) is 0.605. The number of nitrogens with zero attached hydrogens (tertiary/aromatic N) is 1. The van der Waals surface area contributed by atoms with Crippen molar-refractivity contribution in [2.24, 2.45) is 11.8 Å². The van der Waals surface area contributed by atoms with Gasteiger partial charge < -0.3 is 25.2 Å². The molecule has 0 bridgehead atoms. The first-order valence-electron chi connectivity index (χ1n) is 11.7. The van der Waals surface area contributed by atoms with Gasteiger partial charge in [0.05, 0.1) is 12.5 Å². The number of carbonyl (C=O) groups is 3. The zero-order chi connectivity index (χ0) is 23.8. The minimum Gasteiger partial charge on any atom is -0.481 e. The number of aliphatic carboxylic acids is 1. The fourth-order valence-electron chi connectivity index (χ4n) is 5.79. The van der Waals surface area contributed by atoms with Crippen LogP contribution in [-0.2, 0) is 14.3 Å². The van der Waals surface area contributed by atoms with Crippen LogP contribution in [0.5, 0.6) is 0 Å². The largest absolute Gasteiger partial charge is 0.481 e. The molecule has 178 valence electrons. The van der Waals surface area contributed by atoms with Crippen molar-refractivity contribution >= 4 is 18.0 Å². The van der Waals surface area contributed by atoms with Crippen LogP contribution >= 0.6 is 0 Å². The summed E-state index contributed by atoms with van der Waals surface area (Å²) in [6.07, 6.45) is -0.207. The third-order valence-corrected chi connectivity index (χ3v) is 7.44. The summed E-state index contributed by atoms with van der Waals surface area (Å²) in [6, 6.07) is 14.7. The van der Waals surface area contributed by atoms with Crippen LogP contribution in [0.4, 0.5) is 4.79 Å². The Morgan fingerprint density at radius 3 is 2.26 bits per heavy atom. The van der Waals surface area contributed by atoms with Gasteiger partial charge in [-0.25, -0.2) is 4.79 Å². The summed E-state index contributed by atoms with van der Waals surface area (Å²) in [5.41, 5.74) is 4.34. The molecule has 4 atom stereocenters. The number of aliphatic hydroxyl groups excluding tert-OH is 1. The molecular weight excluding hydrogens is 436 g/mol. The summed E-state index contributed by atoms with van der Waals surface area (Å²) in [7, 11) is 0. The summed E-state index contributed by atoms with van der Waals surface area (Å²) in [6.45, 7) is 0.935. The topological polar surface area (TPSA) is 116 Å². The molecule has 2 aliphatic carbocycles. The molecule has 2 aromatic carbocycles. The SMILES string of the molecule is O=C(O)CC(NC(=O)OCC1c2ccccc2-c2ccccc21)C(=O)N1CC2CCC(O)C2C1. The Morgan fingerprint density at radius 1 is 1.00 bits per heavy atom. The maximum absolute atomic E-state index is 13.1. The fraction of sp³-hybridized carbons (Fsp3) is 0.423. The Balaban J connectivity index is 1.24. The molecule has 8 nitrogen and oxygen atoms in total. The predicted molar refractivity (Wildman–Crippen MR) is 123 cm³/mol. The Kier molecular flexibility index (Phi) is 6.00. The van der Waals surface area contributed by atoms with E-state index in [0.717, 1.165) is 35.1 Å². The van der Waals surface area contributed by atoms with E-state index >= 15 is 0 Å². The first-order valence-corrected chi connectivity index (χ1v) is 11.7. The lowest BCUT2D eigenvalue weighted by atomic mass is 9.98. The van der Waals surface area contributed by atoms with Gasteiger partial charge in [-0.05, 0) is 41.0 Å². The number of alkyl carbamates (subject to hydrolysis) is 1. The summed E-state index contributed by atoms with van der Waals surface area (Å²) >= 11 is 0. The zero-order valence-corrected chi connectivity index (χ0v) is 18.7. The van der Waals surface area contributed by atoms with Crippen molar-refractivity contribution < 1.29 is 29.3 Å². The van der Waals surface area contributed by atoms with E-state index in [4.69, 9.17) is 4.74 Å². The van der Waals surface area contributed by atoms with E-state index in [1.165, 1.54) is 0 Å². The van der Waals surface area contributed by atoms with Crippen molar-refractivity contribution in [3.05, 3.63) is 59.7 Å². The number of amides is 2. The number of benzene rings is 2. The summed E-state index contributed by atoms with van der Waals surface area (Å²) in [5, 5.41) is 21.9. The number of aliphatic hydroxyl groups is 1. The van der Waals surface area contributed by atoms with Gasteiger partial charge in [0.1, 0.15) is 12.6 Å². The number of carboxylic acids is 1. The fourth-order valence-corrected chi connectivity index (χ4v) is 5.79. The number of hydrogen-bond donors (Lipinski definition) is 3. The molecule has 4 unspecified atom stereocenters. The number of likely N-dealkylation sites (tertiary alicyclic amines) is 1. The van der Waals surface area contributed by atoms with Gasteiger partial charge in [0, 0.05) is 24.9 Å². The standard InChI is InChI=1S/C26H28N2O6/c29-23-10-9-15-12-28(13-20(15)23)25(32)22(11-24(30)31)27-26(33)34-14-21-18-7-3-1-5-16(18)17-6-2-4-8-19(17)21/h1-8,15,20-23,29H,9-14H2,(H,27,33)(H,30,31). The molecule has 3 aliphatic rings. The van der Waals surface area contributed by atoms with E-state index in [2.05, 4.69) is 5.32 Å². The number of hydrogen-bond acceptors (Lipinski definition) is 5. The van der Waals surface area contributed by atoms with Gasteiger partial charge in [-0.2, -0.15) is 0 Å². The van der Waals surface area contributed by atoms with Gasteiger partial charge in [-0.3, -0.25) is 9.59 Å². The molecule has 1 aliphatic heterocycles. The normalized spacial score (nSPS) is 23.7. The highest BCUT2D eigenvalue weighted by Crippen LogP contribution is 2.44. The van der Waals surface area contributed by atoms with E-state index < -0.39 is 36.5 Å². The first-order chi connectivity index (χ1) is 16.4. The molecule has 1 saturated carbocycles. The number of rotatable bonds is 6. The second-order valence-electron chi connectivity index (χ2n) is 9.43. The van der Waals surface area contributed by atoms with Crippen LogP contribution in [-0.4, -0.2) is 64.9 Å². The van der Waals surface area contributed by atoms with Crippen LogP contribution in [0.15, 0.2) is 48.5 Å². The number of fused-ring (bicyclic) bond motifs is 4. The van der Waals surface area contributed by atoms with Gasteiger partial charge in [0.25, 0.3) is 0 Å².